The van der Waals surface area contributed by atoms with E-state index >= 15 is 0 Å². The van der Waals surface area contributed by atoms with Crippen molar-refractivity contribution in [3.05, 3.63) is 34.0 Å². The fourth-order valence-corrected chi connectivity index (χ4v) is 12.9. The molecule has 0 saturated heterocycles. The van der Waals surface area contributed by atoms with Crippen LogP contribution >= 0.6 is 45.3 Å². The minimum atomic E-state index is 1.12. The molecule has 0 aliphatic rings. The van der Waals surface area contributed by atoms with Gasteiger partial charge < -0.3 is 0 Å². The Balaban J connectivity index is 1.00. The number of aromatic nitrogens is 2. The lowest BCUT2D eigenvalue weighted by atomic mass is 10.0. The highest BCUT2D eigenvalue weighted by molar-refractivity contribution is 7.31. The molecule has 0 aliphatic carbocycles. The normalized spacial score (nSPS) is 11.8. The van der Waals surface area contributed by atoms with Crippen LogP contribution in [0.5, 0.6) is 0 Å². The minimum Gasteiger partial charge on any atom is -0.222 e. The van der Waals surface area contributed by atoms with Crippen molar-refractivity contribution >= 4 is 55.0 Å². The van der Waals surface area contributed by atoms with Crippen LogP contribution in [0.2, 0.25) is 0 Å². The van der Waals surface area contributed by atoms with Crippen LogP contribution in [0.3, 0.4) is 0 Å². The van der Waals surface area contributed by atoms with Gasteiger partial charge in [-0.25, -0.2) is 9.97 Å². The second-order valence-corrected chi connectivity index (χ2v) is 21.5. The van der Waals surface area contributed by atoms with Crippen LogP contribution < -0.4 is 0 Å². The molecule has 0 atom stereocenters. The van der Waals surface area contributed by atoms with Crippen LogP contribution in [0.4, 0.5) is 0 Å². The summed E-state index contributed by atoms with van der Waals surface area (Å²) in [6, 6.07) is 4.69. The lowest BCUT2D eigenvalue weighted by molar-refractivity contribution is 0.525. The number of rotatable bonds is 40. The molecule has 2 nitrogen and oxygen atoms in total. The van der Waals surface area contributed by atoms with Gasteiger partial charge in [-0.3, -0.25) is 0 Å². The SMILES string of the molecule is CCCCCCCCCCCCCCCCCCCCc1ccsc1-c1nc2sc(-c3sccc3CCCCCCCCCCCCCCCCCCCC)nc2s1. The van der Waals surface area contributed by atoms with Crippen molar-refractivity contribution in [3.63, 3.8) is 0 Å². The van der Waals surface area contributed by atoms with Gasteiger partial charge in [0, 0.05) is 0 Å². The molecule has 4 aromatic rings. The van der Waals surface area contributed by atoms with Gasteiger partial charge in [-0.2, -0.15) is 0 Å². The Kier molecular flexibility index (Phi) is 28.7. The summed E-state index contributed by atoms with van der Waals surface area (Å²) in [7, 11) is 0. The Labute approximate surface area is 374 Å². The average Bonchev–Trinajstić information content (AvgIpc) is 4.05. The summed E-state index contributed by atoms with van der Waals surface area (Å²) >= 11 is 7.34. The molecular weight excluding hydrogens is 781 g/mol. The first-order valence-corrected chi connectivity index (χ1v) is 28.6. The number of thiophene rings is 2. The summed E-state index contributed by atoms with van der Waals surface area (Å²) < 4.78 is 0. The molecule has 4 aromatic heterocycles. The van der Waals surface area contributed by atoms with Gasteiger partial charge in [-0.05, 0) is 59.7 Å². The standard InChI is InChI=1S/C52H86N2S4/c1-3-5-7-9-11-13-15-17-19-21-23-25-27-29-31-33-35-37-39-45-41-43-55-47(45)49-53-51-52(57-49)54-50(58-51)48-46(42-44-56-48)40-38-36-34-32-30-28-26-24-22-20-18-16-14-12-10-8-6-4-2/h41-44H,3-40H2,1-2H3. The summed E-state index contributed by atoms with van der Waals surface area (Å²) in [5.74, 6) is 0. The van der Waals surface area contributed by atoms with Gasteiger partial charge >= 0.3 is 0 Å². The number of hydrogen-bond acceptors (Lipinski definition) is 6. The largest absolute Gasteiger partial charge is 0.222 e. The molecule has 0 radical (unpaired) electrons. The molecule has 58 heavy (non-hydrogen) atoms. The third-order valence-electron chi connectivity index (χ3n) is 12.5. The van der Waals surface area contributed by atoms with Gasteiger partial charge in [-0.15, -0.1) is 22.7 Å². The zero-order chi connectivity index (χ0) is 40.6. The van der Waals surface area contributed by atoms with E-state index in [0.29, 0.717) is 0 Å². The Morgan fingerprint density at radius 2 is 0.569 bits per heavy atom. The van der Waals surface area contributed by atoms with Crippen molar-refractivity contribution in [2.24, 2.45) is 0 Å². The maximum Gasteiger partial charge on any atom is 0.155 e. The highest BCUT2D eigenvalue weighted by Gasteiger charge is 2.18. The predicted molar refractivity (Wildman–Crippen MR) is 267 cm³/mol. The second kappa shape index (κ2) is 33.5. The second-order valence-electron chi connectivity index (χ2n) is 17.7. The molecule has 4 heterocycles. The van der Waals surface area contributed by atoms with Gasteiger partial charge in [0.1, 0.15) is 10.0 Å². The quantitative estimate of drug-likeness (QED) is 0.0416. The van der Waals surface area contributed by atoms with Crippen molar-refractivity contribution < 1.29 is 0 Å². The van der Waals surface area contributed by atoms with Crippen molar-refractivity contribution in [1.82, 2.24) is 9.97 Å². The Bertz CT molecular complexity index is 1370. The Hall–Kier alpha value is -1.08. The molecule has 0 bridgehead atoms. The van der Waals surface area contributed by atoms with Crippen molar-refractivity contribution in [3.8, 4) is 19.8 Å². The lowest BCUT2D eigenvalue weighted by Crippen LogP contribution is -1.87. The van der Waals surface area contributed by atoms with Gasteiger partial charge in [-0.1, -0.05) is 255 Å². The van der Waals surface area contributed by atoms with Crippen LogP contribution in [0.1, 0.15) is 256 Å². The summed E-state index contributed by atoms with van der Waals surface area (Å²) in [6.45, 7) is 4.61. The van der Waals surface area contributed by atoms with E-state index in [9.17, 15) is 0 Å². The molecule has 0 amide bonds. The van der Waals surface area contributed by atoms with Gasteiger partial charge in [0.25, 0.3) is 0 Å². The first-order chi connectivity index (χ1) is 28.8. The van der Waals surface area contributed by atoms with Crippen molar-refractivity contribution in [1.29, 1.82) is 0 Å². The lowest BCUT2D eigenvalue weighted by Gasteiger charge is -2.04. The van der Waals surface area contributed by atoms with E-state index < -0.39 is 0 Å². The van der Waals surface area contributed by atoms with E-state index in [-0.39, 0.29) is 0 Å². The number of aryl methyl sites for hydroxylation is 2. The van der Waals surface area contributed by atoms with Gasteiger partial charge in [0.2, 0.25) is 0 Å². The van der Waals surface area contributed by atoms with Crippen LogP contribution in [-0.2, 0) is 12.8 Å². The number of hydrogen-bond donors (Lipinski definition) is 0. The van der Waals surface area contributed by atoms with Gasteiger partial charge in [0.05, 0.1) is 9.75 Å². The zero-order valence-corrected chi connectivity index (χ0v) is 41.0. The molecule has 0 aliphatic heterocycles. The van der Waals surface area contributed by atoms with Gasteiger partial charge in [0.15, 0.2) is 9.66 Å². The average molecular weight is 868 g/mol. The molecule has 328 valence electrons. The van der Waals surface area contributed by atoms with Crippen LogP contribution in [-0.4, -0.2) is 9.97 Å². The molecule has 0 unspecified atom stereocenters. The molecule has 0 fully saturated rings. The van der Waals surface area contributed by atoms with E-state index in [1.54, 1.807) is 22.7 Å². The highest BCUT2D eigenvalue weighted by Crippen LogP contribution is 2.42. The molecule has 4 rings (SSSR count). The Morgan fingerprint density at radius 1 is 0.328 bits per heavy atom. The summed E-state index contributed by atoms with van der Waals surface area (Å²) in [5.41, 5.74) is 2.99. The summed E-state index contributed by atoms with van der Waals surface area (Å²) in [4.78, 5) is 15.3. The van der Waals surface area contributed by atoms with E-state index in [0.717, 1.165) is 9.66 Å². The van der Waals surface area contributed by atoms with Crippen LogP contribution in [0.25, 0.3) is 29.4 Å². The van der Waals surface area contributed by atoms with E-state index in [2.05, 4.69) is 36.7 Å². The van der Waals surface area contributed by atoms with Crippen LogP contribution in [0, 0.1) is 0 Å². The third kappa shape index (κ3) is 21.1. The first kappa shape index (κ1) is 49.6. The van der Waals surface area contributed by atoms with E-state index in [4.69, 9.17) is 9.97 Å². The van der Waals surface area contributed by atoms with E-state index in [1.165, 1.54) is 275 Å². The van der Waals surface area contributed by atoms with Crippen molar-refractivity contribution in [2.45, 2.75) is 258 Å². The molecule has 0 N–H and O–H groups in total. The van der Waals surface area contributed by atoms with Crippen molar-refractivity contribution in [2.75, 3.05) is 0 Å². The predicted octanol–water partition coefficient (Wildman–Crippen LogP) is 20.4. The van der Waals surface area contributed by atoms with E-state index in [1.807, 2.05) is 22.7 Å². The smallest absolute Gasteiger partial charge is 0.155 e. The highest BCUT2D eigenvalue weighted by atomic mass is 32.1. The number of fused-ring (bicyclic) bond motifs is 1. The molecule has 0 aromatic carbocycles. The zero-order valence-electron chi connectivity index (χ0n) is 37.7. The molecule has 0 saturated carbocycles. The number of thiazole rings is 2. The fourth-order valence-electron chi connectivity index (χ4n) is 8.71. The fraction of sp³-hybridized carbons (Fsp3) is 0.769. The molecule has 0 spiro atoms. The monoisotopic (exact) mass is 867 g/mol. The number of nitrogens with zero attached hydrogens (tertiary/aromatic N) is 2. The minimum absolute atomic E-state index is 1.12. The Morgan fingerprint density at radius 3 is 0.828 bits per heavy atom. The third-order valence-corrected chi connectivity index (χ3v) is 16.7. The maximum absolute atomic E-state index is 5.15. The topological polar surface area (TPSA) is 25.8 Å². The first-order valence-electron chi connectivity index (χ1n) is 25.2. The molecule has 6 heteroatoms. The van der Waals surface area contributed by atoms with Crippen LogP contribution in [0.15, 0.2) is 22.9 Å². The summed E-state index contributed by atoms with van der Waals surface area (Å²) in [5, 5.41) is 6.90. The molecular formula is C52H86N2S4. The number of unbranched alkanes of at least 4 members (excludes halogenated alkanes) is 34. The summed E-state index contributed by atoms with van der Waals surface area (Å²) in [6.07, 6.45) is 53.8. The maximum atomic E-state index is 5.15.